The smallest absolute Gasteiger partial charge is 0.171 e. The van der Waals surface area contributed by atoms with Crippen LogP contribution in [0.3, 0.4) is 0 Å². The summed E-state index contributed by atoms with van der Waals surface area (Å²) in [5.41, 5.74) is 1.01. The van der Waals surface area contributed by atoms with Gasteiger partial charge in [0.15, 0.2) is 5.82 Å². The molecule has 4 rings (SSSR count). The largest absolute Gasteiger partial charge is 0.377 e. The molecule has 1 aliphatic rings. The Morgan fingerprint density at radius 1 is 1.18 bits per heavy atom. The van der Waals surface area contributed by atoms with Crippen molar-refractivity contribution >= 4 is 34.0 Å². The molecule has 2 aromatic heterocycles. The molecule has 0 N–H and O–H groups in total. The van der Waals surface area contributed by atoms with Crippen LogP contribution < -0.4 is 0 Å². The second-order valence-corrected chi connectivity index (χ2v) is 7.25. The second-order valence-electron chi connectivity index (χ2n) is 5.29. The van der Waals surface area contributed by atoms with Gasteiger partial charge in [-0.2, -0.15) is 0 Å². The molecule has 22 heavy (non-hydrogen) atoms. The minimum Gasteiger partial charge on any atom is -0.377 e. The minimum atomic E-state index is 0.365. The van der Waals surface area contributed by atoms with Gasteiger partial charge in [-0.25, -0.2) is 9.97 Å². The summed E-state index contributed by atoms with van der Waals surface area (Å²) in [6.45, 7) is 0.899. The lowest BCUT2D eigenvalue weighted by Gasteiger charge is -2.11. The van der Waals surface area contributed by atoms with Gasteiger partial charge in [0, 0.05) is 17.7 Å². The first-order valence-electron chi connectivity index (χ1n) is 7.45. The minimum absolute atomic E-state index is 0.365. The van der Waals surface area contributed by atoms with Crippen molar-refractivity contribution in [2.24, 2.45) is 0 Å². The van der Waals surface area contributed by atoms with E-state index in [1.54, 1.807) is 23.1 Å². The maximum absolute atomic E-state index is 5.73. The second kappa shape index (κ2) is 6.36. The van der Waals surface area contributed by atoms with Gasteiger partial charge in [-0.15, -0.1) is 23.1 Å². The first kappa shape index (κ1) is 14.2. The van der Waals surface area contributed by atoms with Crippen molar-refractivity contribution in [1.29, 1.82) is 0 Å². The van der Waals surface area contributed by atoms with Crippen molar-refractivity contribution < 1.29 is 4.74 Å². The molecule has 1 aromatic carbocycles. The molecule has 0 bridgehead atoms. The van der Waals surface area contributed by atoms with Gasteiger partial charge in [0.05, 0.1) is 16.5 Å². The zero-order valence-corrected chi connectivity index (χ0v) is 13.7. The number of para-hydroxylation sites is 1. The summed E-state index contributed by atoms with van der Waals surface area (Å²) in [6.07, 6.45) is 2.70. The molecule has 0 aliphatic carbocycles. The molecule has 0 saturated carbocycles. The molecular formula is C17H16N2OS2. The predicted octanol–water partition coefficient (Wildman–Crippen LogP) is 4.63. The number of nitrogens with zero attached hydrogens (tertiary/aromatic N) is 2. The number of hydrogen-bond acceptors (Lipinski definition) is 5. The van der Waals surface area contributed by atoms with E-state index in [1.165, 1.54) is 6.42 Å². The van der Waals surface area contributed by atoms with Gasteiger partial charge in [-0.3, -0.25) is 0 Å². The molecule has 0 spiro atoms. The number of thiophene rings is 1. The van der Waals surface area contributed by atoms with Crippen molar-refractivity contribution in [2.45, 2.75) is 24.0 Å². The van der Waals surface area contributed by atoms with Gasteiger partial charge in [0.25, 0.3) is 0 Å². The molecule has 0 amide bonds. The highest BCUT2D eigenvalue weighted by molar-refractivity contribution is 7.99. The lowest BCUT2D eigenvalue weighted by Crippen LogP contribution is -2.08. The van der Waals surface area contributed by atoms with E-state index in [0.717, 1.165) is 45.4 Å². The number of fused-ring (bicyclic) bond motifs is 1. The Morgan fingerprint density at radius 3 is 2.95 bits per heavy atom. The Labute approximate surface area is 137 Å². The molecule has 3 aromatic rings. The van der Waals surface area contributed by atoms with Gasteiger partial charge in [-0.05, 0) is 30.4 Å². The summed E-state index contributed by atoms with van der Waals surface area (Å²) in [7, 11) is 0. The van der Waals surface area contributed by atoms with Crippen LogP contribution in [-0.4, -0.2) is 28.4 Å². The first-order valence-corrected chi connectivity index (χ1v) is 9.32. The summed E-state index contributed by atoms with van der Waals surface area (Å²) in [4.78, 5) is 10.6. The molecule has 3 nitrogen and oxygen atoms in total. The number of hydrogen-bond donors (Lipinski definition) is 0. The highest BCUT2D eigenvalue weighted by Gasteiger charge is 2.17. The van der Waals surface area contributed by atoms with E-state index < -0.39 is 0 Å². The third-order valence-electron chi connectivity index (χ3n) is 3.74. The normalized spacial score (nSPS) is 18.1. The lowest BCUT2D eigenvalue weighted by atomic mass is 10.2. The van der Waals surface area contributed by atoms with Crippen LogP contribution in [0.5, 0.6) is 0 Å². The fraction of sp³-hybridized carbons (Fsp3) is 0.294. The Balaban J connectivity index is 1.70. The maximum Gasteiger partial charge on any atom is 0.171 e. The predicted molar refractivity (Wildman–Crippen MR) is 92.5 cm³/mol. The van der Waals surface area contributed by atoms with Crippen molar-refractivity contribution in [3.63, 3.8) is 0 Å². The van der Waals surface area contributed by atoms with E-state index in [-0.39, 0.29) is 0 Å². The molecular weight excluding hydrogens is 312 g/mol. The zero-order valence-electron chi connectivity index (χ0n) is 12.1. The van der Waals surface area contributed by atoms with Crippen LogP contribution in [0.25, 0.3) is 21.6 Å². The Hall–Kier alpha value is -1.43. The quantitative estimate of drug-likeness (QED) is 0.517. The van der Waals surface area contributed by atoms with Crippen LogP contribution in [0.1, 0.15) is 12.8 Å². The number of rotatable bonds is 4. The van der Waals surface area contributed by atoms with E-state index in [2.05, 4.69) is 23.6 Å². The van der Waals surface area contributed by atoms with Gasteiger partial charge in [-0.1, -0.05) is 24.3 Å². The summed E-state index contributed by atoms with van der Waals surface area (Å²) in [5.74, 6) is 1.79. The number of benzene rings is 1. The Kier molecular flexibility index (Phi) is 4.10. The molecule has 5 heteroatoms. The molecule has 3 heterocycles. The van der Waals surface area contributed by atoms with Crippen molar-refractivity contribution in [1.82, 2.24) is 9.97 Å². The molecule has 112 valence electrons. The lowest BCUT2D eigenvalue weighted by molar-refractivity contribution is 0.129. The van der Waals surface area contributed by atoms with Crippen LogP contribution in [0.4, 0.5) is 0 Å². The molecule has 1 fully saturated rings. The van der Waals surface area contributed by atoms with Gasteiger partial charge in [0.1, 0.15) is 5.03 Å². The van der Waals surface area contributed by atoms with E-state index in [9.17, 15) is 0 Å². The van der Waals surface area contributed by atoms with Crippen molar-refractivity contribution in [3.05, 3.63) is 41.8 Å². The molecule has 0 unspecified atom stereocenters. The summed E-state index contributed by atoms with van der Waals surface area (Å²) >= 11 is 3.46. The maximum atomic E-state index is 5.73. The van der Waals surface area contributed by atoms with Crippen LogP contribution in [-0.2, 0) is 4.74 Å². The van der Waals surface area contributed by atoms with E-state index in [4.69, 9.17) is 14.7 Å². The van der Waals surface area contributed by atoms with Gasteiger partial charge < -0.3 is 4.74 Å². The monoisotopic (exact) mass is 328 g/mol. The topological polar surface area (TPSA) is 35.0 Å². The Morgan fingerprint density at radius 2 is 2.14 bits per heavy atom. The van der Waals surface area contributed by atoms with Crippen LogP contribution in [0.2, 0.25) is 0 Å². The summed E-state index contributed by atoms with van der Waals surface area (Å²) in [6, 6.07) is 12.4. The SMILES string of the molecule is c1csc(-c2nc(SC[C@@H]3CCCO3)c3ccccc3n2)c1. The van der Waals surface area contributed by atoms with Gasteiger partial charge in [0.2, 0.25) is 0 Å². The summed E-state index contributed by atoms with van der Waals surface area (Å²) < 4.78 is 5.73. The van der Waals surface area contributed by atoms with Gasteiger partial charge >= 0.3 is 0 Å². The van der Waals surface area contributed by atoms with E-state index in [1.807, 2.05) is 18.2 Å². The van der Waals surface area contributed by atoms with Crippen LogP contribution in [0.15, 0.2) is 46.8 Å². The zero-order chi connectivity index (χ0) is 14.8. The fourth-order valence-electron chi connectivity index (χ4n) is 2.62. The van der Waals surface area contributed by atoms with E-state index in [0.29, 0.717) is 6.10 Å². The third kappa shape index (κ3) is 2.89. The molecule has 1 aliphatic heterocycles. The molecule has 0 radical (unpaired) electrons. The van der Waals surface area contributed by atoms with Crippen LogP contribution in [0, 0.1) is 0 Å². The Bertz CT molecular complexity index is 767. The molecule has 1 saturated heterocycles. The highest BCUT2D eigenvalue weighted by atomic mass is 32.2. The number of aromatic nitrogens is 2. The first-order chi connectivity index (χ1) is 10.9. The van der Waals surface area contributed by atoms with Crippen LogP contribution >= 0.6 is 23.1 Å². The fourth-order valence-corrected chi connectivity index (χ4v) is 4.36. The standard InChI is InChI=1S/C17H16N2OS2/c1-2-7-14-13(6-1)17(22-11-12-5-3-9-20-12)19-16(18-14)15-8-4-10-21-15/h1-2,4,6-8,10,12H,3,5,9,11H2/t12-/m0/s1. The average Bonchev–Trinajstić information content (AvgIpc) is 3.25. The third-order valence-corrected chi connectivity index (χ3v) is 5.73. The molecule has 1 atom stereocenters. The highest BCUT2D eigenvalue weighted by Crippen LogP contribution is 2.31. The number of ether oxygens (including phenoxy) is 1. The van der Waals surface area contributed by atoms with Crippen molar-refractivity contribution in [3.8, 4) is 10.7 Å². The number of thioether (sulfide) groups is 1. The summed E-state index contributed by atoms with van der Waals surface area (Å²) in [5, 5.41) is 4.25. The average molecular weight is 328 g/mol. The van der Waals surface area contributed by atoms with Crippen molar-refractivity contribution in [2.75, 3.05) is 12.4 Å². The van der Waals surface area contributed by atoms with E-state index >= 15 is 0 Å².